The minimum Gasteiger partial charge on any atom is -0.378 e. The molecule has 2 saturated heterocycles. The molecule has 0 aliphatic carbocycles. The maximum atomic E-state index is 15.3. The largest absolute Gasteiger partial charge is 0.378 e. The number of nitrogens with zero attached hydrogens (tertiary/aromatic N) is 4. The fraction of sp³-hybridized carbons (Fsp3) is 0.357. The molecule has 0 amide bonds. The number of aromatic amines is 1. The van der Waals surface area contributed by atoms with Crippen molar-refractivity contribution in [2.45, 2.75) is 24.6 Å². The summed E-state index contributed by atoms with van der Waals surface area (Å²) in [7, 11) is -3.93. The van der Waals surface area contributed by atoms with Crippen LogP contribution in [0.15, 0.2) is 54.9 Å². The number of benzene rings is 2. The topological polar surface area (TPSA) is 129 Å². The van der Waals surface area contributed by atoms with Gasteiger partial charge in [0.2, 0.25) is 10.0 Å². The molecule has 2 aliphatic heterocycles. The average molecular weight is 566 g/mol. The lowest BCUT2D eigenvalue weighted by Gasteiger charge is -2.27. The number of ether oxygens (including phenoxy) is 1. The quantitative estimate of drug-likeness (QED) is 0.310. The number of halogens is 1. The van der Waals surface area contributed by atoms with Crippen molar-refractivity contribution in [1.29, 1.82) is 0 Å². The van der Waals surface area contributed by atoms with Gasteiger partial charge in [-0.05, 0) is 49.2 Å². The van der Waals surface area contributed by atoms with Gasteiger partial charge >= 0.3 is 0 Å². The van der Waals surface area contributed by atoms with Crippen LogP contribution >= 0.6 is 0 Å². The van der Waals surface area contributed by atoms with Crippen LogP contribution in [-0.4, -0.2) is 68.8 Å². The lowest BCUT2D eigenvalue weighted by atomic mass is 10.1. The van der Waals surface area contributed by atoms with Crippen LogP contribution in [0.4, 0.5) is 21.6 Å². The maximum absolute atomic E-state index is 15.3. The third kappa shape index (κ3) is 5.21. The summed E-state index contributed by atoms with van der Waals surface area (Å²) in [5, 5.41) is -0.0646. The van der Waals surface area contributed by atoms with Crippen LogP contribution in [0.1, 0.15) is 24.2 Å². The fourth-order valence-corrected chi connectivity index (χ4v) is 6.45. The molecule has 2 aromatic heterocycles. The van der Waals surface area contributed by atoms with Gasteiger partial charge in [0.05, 0.1) is 24.3 Å². The number of rotatable bonds is 7. The lowest BCUT2D eigenvalue weighted by Crippen LogP contribution is -2.36. The summed E-state index contributed by atoms with van der Waals surface area (Å²) in [4.78, 5) is 16.3. The molecule has 0 spiro atoms. The zero-order valence-electron chi connectivity index (χ0n) is 22.2. The van der Waals surface area contributed by atoms with E-state index in [2.05, 4.69) is 29.5 Å². The smallest absolute Gasteiger partial charge is 0.239 e. The molecule has 4 aromatic rings. The molecule has 2 aromatic carbocycles. The number of fused-ring (bicyclic) bond motifs is 1. The molecule has 2 aliphatic rings. The predicted molar refractivity (Wildman–Crippen MR) is 155 cm³/mol. The molecule has 12 heteroatoms. The minimum atomic E-state index is -3.93. The highest BCUT2D eigenvalue weighted by atomic mass is 32.2. The van der Waals surface area contributed by atoms with Gasteiger partial charge in [-0.1, -0.05) is 18.2 Å². The first-order valence-corrected chi connectivity index (χ1v) is 14.9. The zero-order valence-corrected chi connectivity index (χ0v) is 23.0. The Morgan fingerprint density at radius 1 is 1.10 bits per heavy atom. The number of hydrogen-bond donors (Lipinski definition) is 3. The predicted octanol–water partition coefficient (Wildman–Crippen LogP) is 3.64. The van der Waals surface area contributed by atoms with E-state index in [9.17, 15) is 8.42 Å². The van der Waals surface area contributed by atoms with E-state index in [1.165, 1.54) is 18.5 Å². The van der Waals surface area contributed by atoms with Gasteiger partial charge in [0.1, 0.15) is 28.9 Å². The highest BCUT2D eigenvalue weighted by Crippen LogP contribution is 2.33. The second-order valence-corrected chi connectivity index (χ2v) is 12.3. The van der Waals surface area contributed by atoms with Gasteiger partial charge < -0.3 is 25.3 Å². The van der Waals surface area contributed by atoms with Gasteiger partial charge in [-0.25, -0.2) is 22.8 Å². The van der Waals surface area contributed by atoms with Crippen LogP contribution in [0.25, 0.3) is 22.3 Å². The normalized spacial score (nSPS) is 18.8. The van der Waals surface area contributed by atoms with Crippen LogP contribution in [-0.2, 0) is 14.8 Å². The van der Waals surface area contributed by atoms with E-state index in [1.54, 1.807) is 19.1 Å². The van der Waals surface area contributed by atoms with Crippen molar-refractivity contribution in [3.05, 3.63) is 66.2 Å². The van der Waals surface area contributed by atoms with E-state index in [0.717, 1.165) is 49.5 Å². The molecule has 6 rings (SSSR count). The van der Waals surface area contributed by atoms with Crippen LogP contribution in [0.3, 0.4) is 0 Å². The minimum absolute atomic E-state index is 0.109. The molecular weight excluding hydrogens is 533 g/mol. The highest BCUT2D eigenvalue weighted by molar-refractivity contribution is 7.92. The second-order valence-electron chi connectivity index (χ2n) is 10.3. The van der Waals surface area contributed by atoms with E-state index in [0.29, 0.717) is 35.7 Å². The SMILES string of the molecule is CC(c1cccc(N2CC[C@@H](N)C2)c1)S(=O)(=O)Nc1ccc(-c2cc3c(N4CCOCC4)ncnc3[nH]2)cc1F. The van der Waals surface area contributed by atoms with E-state index < -0.39 is 21.1 Å². The van der Waals surface area contributed by atoms with Crippen molar-refractivity contribution in [1.82, 2.24) is 15.0 Å². The van der Waals surface area contributed by atoms with E-state index in [4.69, 9.17) is 10.5 Å². The third-order valence-corrected chi connectivity index (χ3v) is 9.35. The average Bonchev–Trinajstić information content (AvgIpc) is 3.60. The molecule has 2 atom stereocenters. The van der Waals surface area contributed by atoms with E-state index in [1.807, 2.05) is 24.3 Å². The Bertz CT molecular complexity index is 1640. The van der Waals surface area contributed by atoms with Crippen molar-refractivity contribution < 1.29 is 17.5 Å². The Morgan fingerprint density at radius 2 is 1.93 bits per heavy atom. The van der Waals surface area contributed by atoms with Crippen molar-refractivity contribution in [3.63, 3.8) is 0 Å². The van der Waals surface area contributed by atoms with Crippen LogP contribution in [0.5, 0.6) is 0 Å². The third-order valence-electron chi connectivity index (χ3n) is 7.64. The molecular formula is C28H32FN7O3S. The highest BCUT2D eigenvalue weighted by Gasteiger charge is 2.26. The number of hydrogen-bond acceptors (Lipinski definition) is 8. The van der Waals surface area contributed by atoms with Crippen molar-refractivity contribution >= 4 is 38.2 Å². The van der Waals surface area contributed by atoms with E-state index in [-0.39, 0.29) is 11.7 Å². The van der Waals surface area contributed by atoms with Gasteiger partial charge in [0.25, 0.3) is 0 Å². The number of aromatic nitrogens is 3. The summed E-state index contributed by atoms with van der Waals surface area (Å²) < 4.78 is 49.7. The van der Waals surface area contributed by atoms with Gasteiger partial charge in [-0.3, -0.25) is 4.72 Å². The molecule has 10 nitrogen and oxygen atoms in total. The molecule has 1 unspecified atom stereocenters. The number of nitrogens with one attached hydrogen (secondary N) is 2. The zero-order chi connectivity index (χ0) is 27.9. The number of sulfonamides is 1. The Balaban J connectivity index is 1.22. The second kappa shape index (κ2) is 10.7. The van der Waals surface area contributed by atoms with Gasteiger partial charge in [0.15, 0.2) is 0 Å². The summed E-state index contributed by atoms with van der Waals surface area (Å²) in [6, 6.07) is 13.9. The molecule has 4 N–H and O–H groups in total. The Hall–Kier alpha value is -3.74. The first-order valence-electron chi connectivity index (χ1n) is 13.4. The Morgan fingerprint density at radius 3 is 2.67 bits per heavy atom. The summed E-state index contributed by atoms with van der Waals surface area (Å²) in [5.41, 5.74) is 9.35. The molecule has 0 bridgehead atoms. The first kappa shape index (κ1) is 26.5. The monoisotopic (exact) mass is 565 g/mol. The molecule has 2 fully saturated rings. The van der Waals surface area contributed by atoms with Gasteiger partial charge in [-0.15, -0.1) is 0 Å². The number of nitrogens with two attached hydrogens (primary N) is 1. The summed E-state index contributed by atoms with van der Waals surface area (Å²) >= 11 is 0. The summed E-state index contributed by atoms with van der Waals surface area (Å²) in [6.07, 6.45) is 2.40. The molecule has 0 saturated carbocycles. The maximum Gasteiger partial charge on any atom is 0.239 e. The molecule has 40 heavy (non-hydrogen) atoms. The van der Waals surface area contributed by atoms with Crippen LogP contribution < -0.4 is 20.3 Å². The van der Waals surface area contributed by atoms with Crippen LogP contribution in [0.2, 0.25) is 0 Å². The Labute approximate surface area is 232 Å². The summed E-state index contributed by atoms with van der Waals surface area (Å²) in [5.74, 6) is 0.123. The van der Waals surface area contributed by atoms with Crippen molar-refractivity contribution in [2.75, 3.05) is 53.9 Å². The van der Waals surface area contributed by atoms with Crippen LogP contribution in [0, 0.1) is 5.82 Å². The number of H-pyrrole nitrogens is 1. The first-order chi connectivity index (χ1) is 19.3. The number of anilines is 3. The lowest BCUT2D eigenvalue weighted by molar-refractivity contribution is 0.122. The van der Waals surface area contributed by atoms with E-state index >= 15 is 4.39 Å². The van der Waals surface area contributed by atoms with Crippen molar-refractivity contribution in [2.24, 2.45) is 5.73 Å². The number of morpholine rings is 1. The van der Waals surface area contributed by atoms with Gasteiger partial charge in [0, 0.05) is 49.2 Å². The fourth-order valence-electron chi connectivity index (χ4n) is 5.29. The van der Waals surface area contributed by atoms with Gasteiger partial charge in [-0.2, -0.15) is 0 Å². The van der Waals surface area contributed by atoms with Crippen molar-refractivity contribution in [3.8, 4) is 11.3 Å². The Kier molecular flexibility index (Phi) is 7.07. The molecule has 0 radical (unpaired) electrons. The standard InChI is InChI=1S/C28H32FN7O3S/c1-18(19-3-2-4-22(13-19)36-8-7-21(30)16-36)40(37,38)34-25-6-5-20(14-24(25)29)26-15-23-27(33-26)31-17-32-28(23)35-9-11-39-12-10-35/h2-6,13-15,17-18,21,34H,7-12,16,30H2,1H3,(H,31,32,33)/t18?,21-/m1/s1. The molecule has 4 heterocycles. The molecule has 210 valence electrons. The summed E-state index contributed by atoms with van der Waals surface area (Å²) in [6.45, 7) is 5.87.